The number of rotatable bonds is 11. The van der Waals surface area contributed by atoms with E-state index in [9.17, 15) is 4.39 Å². The van der Waals surface area contributed by atoms with Gasteiger partial charge in [-0.15, -0.1) is 12.4 Å². The Morgan fingerprint density at radius 3 is 2.20 bits per heavy atom. The quantitative estimate of drug-likeness (QED) is 0.606. The number of hydrogen-bond acceptors (Lipinski definition) is 4. The van der Waals surface area contributed by atoms with Crippen molar-refractivity contribution in [3.63, 3.8) is 0 Å². The lowest BCUT2D eigenvalue weighted by molar-refractivity contribution is 0.272. The average Bonchev–Trinajstić information content (AvgIpc) is 2.60. The maximum Gasteiger partial charge on any atom is 0.161 e. The maximum atomic E-state index is 12.8. The number of ether oxygens (including phenoxy) is 3. The molecule has 1 N–H and O–H groups in total. The lowest BCUT2D eigenvalue weighted by Gasteiger charge is -2.12. The second-order valence-electron chi connectivity index (χ2n) is 5.13. The summed E-state index contributed by atoms with van der Waals surface area (Å²) in [5.74, 6) is 1.97. The van der Waals surface area contributed by atoms with E-state index in [0.717, 1.165) is 31.0 Å². The number of para-hydroxylation sites is 2. The average molecular weight is 370 g/mol. The molecule has 2 rings (SSSR count). The van der Waals surface area contributed by atoms with Crippen LogP contribution in [-0.2, 0) is 0 Å². The minimum atomic E-state index is -0.255. The molecule has 0 radical (unpaired) electrons. The van der Waals surface area contributed by atoms with Crippen LogP contribution < -0.4 is 19.5 Å². The van der Waals surface area contributed by atoms with Crippen LogP contribution in [0.1, 0.15) is 13.3 Å². The van der Waals surface area contributed by atoms with E-state index in [4.69, 9.17) is 14.2 Å². The van der Waals surface area contributed by atoms with Crippen molar-refractivity contribution >= 4 is 12.4 Å². The molecule has 2 aromatic rings. The van der Waals surface area contributed by atoms with Crippen LogP contribution in [0, 0.1) is 5.82 Å². The van der Waals surface area contributed by atoms with Crippen molar-refractivity contribution in [1.82, 2.24) is 5.32 Å². The number of hydrogen-bond donors (Lipinski definition) is 1. The van der Waals surface area contributed by atoms with Crippen molar-refractivity contribution in [3.05, 3.63) is 54.3 Å². The summed E-state index contributed by atoms with van der Waals surface area (Å²) in [7, 11) is 0. The number of nitrogens with one attached hydrogen (secondary N) is 1. The van der Waals surface area contributed by atoms with E-state index >= 15 is 0 Å². The minimum absolute atomic E-state index is 0. The number of halogens is 2. The summed E-state index contributed by atoms with van der Waals surface area (Å²) in [6.07, 6.45) is 0.868. The lowest BCUT2D eigenvalue weighted by atomic mass is 10.3. The van der Waals surface area contributed by atoms with Gasteiger partial charge in [-0.25, -0.2) is 4.39 Å². The van der Waals surface area contributed by atoms with Crippen molar-refractivity contribution in [2.24, 2.45) is 0 Å². The Morgan fingerprint density at radius 1 is 0.840 bits per heavy atom. The molecular weight excluding hydrogens is 345 g/mol. The summed E-state index contributed by atoms with van der Waals surface area (Å²) in [5, 5.41) is 3.30. The van der Waals surface area contributed by atoms with Crippen LogP contribution in [0.25, 0.3) is 0 Å². The SMILES string of the molecule is CCOc1ccccc1OCCNCCCOc1ccc(F)cc1.Cl. The van der Waals surface area contributed by atoms with Crippen molar-refractivity contribution in [3.8, 4) is 17.2 Å². The van der Waals surface area contributed by atoms with Gasteiger partial charge in [0.1, 0.15) is 18.2 Å². The molecule has 0 atom stereocenters. The molecule has 0 spiro atoms. The maximum absolute atomic E-state index is 12.8. The van der Waals surface area contributed by atoms with Gasteiger partial charge in [0, 0.05) is 6.54 Å². The van der Waals surface area contributed by atoms with E-state index < -0.39 is 0 Å². The van der Waals surface area contributed by atoms with Gasteiger partial charge < -0.3 is 19.5 Å². The van der Waals surface area contributed by atoms with Crippen LogP contribution in [0.5, 0.6) is 17.2 Å². The molecule has 0 bridgehead atoms. The Kier molecular flexibility index (Phi) is 10.4. The topological polar surface area (TPSA) is 39.7 Å². The highest BCUT2D eigenvalue weighted by Gasteiger charge is 2.02. The van der Waals surface area contributed by atoms with Gasteiger partial charge in [-0.3, -0.25) is 0 Å². The third-order valence-corrected chi connectivity index (χ3v) is 3.27. The summed E-state index contributed by atoms with van der Waals surface area (Å²) >= 11 is 0. The fourth-order valence-corrected chi connectivity index (χ4v) is 2.12. The van der Waals surface area contributed by atoms with E-state index in [1.165, 1.54) is 12.1 Å². The van der Waals surface area contributed by atoms with Crippen LogP contribution >= 0.6 is 12.4 Å². The van der Waals surface area contributed by atoms with Gasteiger partial charge in [-0.05, 0) is 56.3 Å². The van der Waals surface area contributed by atoms with E-state index in [1.807, 2.05) is 31.2 Å². The molecule has 0 amide bonds. The first kappa shape index (κ1) is 21.1. The molecule has 0 aliphatic carbocycles. The zero-order valence-corrected chi connectivity index (χ0v) is 15.2. The second kappa shape index (κ2) is 12.4. The van der Waals surface area contributed by atoms with Crippen LogP contribution in [0.15, 0.2) is 48.5 Å². The highest BCUT2D eigenvalue weighted by molar-refractivity contribution is 5.85. The standard InChI is InChI=1S/C19H24FNO3.ClH/c1-2-22-18-6-3-4-7-19(18)24-15-13-21-12-5-14-23-17-10-8-16(20)9-11-17;/h3-4,6-11,21H,2,5,12-15H2,1H3;1H. The molecule has 0 heterocycles. The third kappa shape index (κ3) is 8.09. The van der Waals surface area contributed by atoms with Gasteiger partial charge in [-0.2, -0.15) is 0 Å². The molecule has 2 aromatic carbocycles. The van der Waals surface area contributed by atoms with Gasteiger partial charge in [0.2, 0.25) is 0 Å². The fourth-order valence-electron chi connectivity index (χ4n) is 2.12. The molecule has 0 aliphatic rings. The minimum Gasteiger partial charge on any atom is -0.494 e. The molecule has 4 nitrogen and oxygen atoms in total. The summed E-state index contributed by atoms with van der Waals surface area (Å²) in [4.78, 5) is 0. The Balaban J connectivity index is 0.00000312. The Hall–Kier alpha value is -1.98. The predicted octanol–water partition coefficient (Wildman–Crippen LogP) is 4.08. The van der Waals surface area contributed by atoms with E-state index in [0.29, 0.717) is 25.6 Å². The Morgan fingerprint density at radius 2 is 1.52 bits per heavy atom. The van der Waals surface area contributed by atoms with Gasteiger partial charge >= 0.3 is 0 Å². The van der Waals surface area contributed by atoms with Gasteiger partial charge in [0.05, 0.1) is 13.2 Å². The highest BCUT2D eigenvalue weighted by atomic mass is 35.5. The molecule has 0 unspecified atom stereocenters. The first-order chi connectivity index (χ1) is 11.8. The van der Waals surface area contributed by atoms with Crippen molar-refractivity contribution in [2.45, 2.75) is 13.3 Å². The fraction of sp³-hybridized carbons (Fsp3) is 0.368. The van der Waals surface area contributed by atoms with Crippen LogP contribution in [0.4, 0.5) is 4.39 Å². The van der Waals surface area contributed by atoms with Crippen LogP contribution in [0.2, 0.25) is 0 Å². The molecule has 0 fully saturated rings. The zero-order chi connectivity index (χ0) is 17.0. The molecule has 0 aliphatic heterocycles. The summed E-state index contributed by atoms with van der Waals surface area (Å²) in [5.41, 5.74) is 0. The molecule has 6 heteroatoms. The molecule has 0 aromatic heterocycles. The van der Waals surface area contributed by atoms with Crippen LogP contribution in [0.3, 0.4) is 0 Å². The number of benzene rings is 2. The summed E-state index contributed by atoms with van der Waals surface area (Å²) in [6.45, 7) is 5.31. The largest absolute Gasteiger partial charge is 0.494 e. The van der Waals surface area contributed by atoms with Crippen molar-refractivity contribution in [2.75, 3.05) is 32.9 Å². The molecular formula is C19H25ClFNO3. The van der Waals surface area contributed by atoms with Crippen LogP contribution in [-0.4, -0.2) is 32.9 Å². The monoisotopic (exact) mass is 369 g/mol. The predicted molar refractivity (Wildman–Crippen MR) is 99.7 cm³/mol. The first-order valence-corrected chi connectivity index (χ1v) is 8.23. The second-order valence-corrected chi connectivity index (χ2v) is 5.13. The highest BCUT2D eigenvalue weighted by Crippen LogP contribution is 2.25. The van der Waals surface area contributed by atoms with Crippen molar-refractivity contribution in [1.29, 1.82) is 0 Å². The molecule has 0 saturated heterocycles. The molecule has 25 heavy (non-hydrogen) atoms. The van der Waals surface area contributed by atoms with Crippen molar-refractivity contribution < 1.29 is 18.6 Å². The molecule has 0 saturated carbocycles. The van der Waals surface area contributed by atoms with Gasteiger partial charge in [-0.1, -0.05) is 12.1 Å². The third-order valence-electron chi connectivity index (χ3n) is 3.27. The van der Waals surface area contributed by atoms with E-state index in [-0.39, 0.29) is 18.2 Å². The summed E-state index contributed by atoms with van der Waals surface area (Å²) in [6, 6.07) is 13.7. The van der Waals surface area contributed by atoms with E-state index in [1.54, 1.807) is 12.1 Å². The summed E-state index contributed by atoms with van der Waals surface area (Å²) < 4.78 is 29.5. The van der Waals surface area contributed by atoms with Gasteiger partial charge in [0.15, 0.2) is 11.5 Å². The smallest absolute Gasteiger partial charge is 0.161 e. The Labute approximate surface area is 154 Å². The lowest BCUT2D eigenvalue weighted by Crippen LogP contribution is -2.23. The zero-order valence-electron chi connectivity index (χ0n) is 14.4. The van der Waals surface area contributed by atoms with E-state index in [2.05, 4.69) is 5.32 Å². The van der Waals surface area contributed by atoms with Gasteiger partial charge in [0.25, 0.3) is 0 Å². The molecule has 138 valence electrons. The first-order valence-electron chi connectivity index (χ1n) is 8.23. The Bertz CT molecular complexity index is 595. The normalized spacial score (nSPS) is 10.0.